The molecule has 0 aliphatic rings. The topological polar surface area (TPSA) is 55.6 Å². The Morgan fingerprint density at radius 2 is 2.00 bits per heavy atom. The van der Waals surface area contributed by atoms with Gasteiger partial charge in [0.25, 0.3) is 0 Å². The van der Waals surface area contributed by atoms with E-state index in [0.717, 1.165) is 11.5 Å². The van der Waals surface area contributed by atoms with E-state index < -0.39 is 0 Å². The fraction of sp³-hybridized carbons (Fsp3) is 0.267. The number of esters is 1. The molecular formula is C15H18N2O2S. The fourth-order valence-corrected chi connectivity index (χ4v) is 2.84. The predicted molar refractivity (Wildman–Crippen MR) is 83.4 cm³/mol. The van der Waals surface area contributed by atoms with Gasteiger partial charge in [0, 0.05) is 13.6 Å². The maximum Gasteiger partial charge on any atom is 0.350 e. The molecule has 0 saturated heterocycles. The van der Waals surface area contributed by atoms with E-state index in [4.69, 9.17) is 10.5 Å². The highest BCUT2D eigenvalue weighted by atomic mass is 32.1. The molecule has 1 aromatic carbocycles. The van der Waals surface area contributed by atoms with Crippen LogP contribution < -0.4 is 10.6 Å². The number of rotatable bonds is 4. The zero-order valence-electron chi connectivity index (χ0n) is 11.8. The lowest BCUT2D eigenvalue weighted by Crippen LogP contribution is -2.14. The molecular weight excluding hydrogens is 272 g/mol. The smallest absolute Gasteiger partial charge is 0.350 e. The third-order valence-electron chi connectivity index (χ3n) is 3.04. The highest BCUT2D eigenvalue weighted by Gasteiger charge is 2.16. The van der Waals surface area contributed by atoms with Crippen LogP contribution in [0.2, 0.25) is 0 Å². The average Bonchev–Trinajstić information content (AvgIpc) is 2.82. The Morgan fingerprint density at radius 3 is 2.60 bits per heavy atom. The summed E-state index contributed by atoms with van der Waals surface area (Å²) in [5.41, 5.74) is 8.77. The number of carbonyl (C=O) groups is 1. The summed E-state index contributed by atoms with van der Waals surface area (Å²) in [6, 6.07) is 10.2. The minimum absolute atomic E-state index is 0.387. The zero-order valence-corrected chi connectivity index (χ0v) is 12.7. The van der Waals surface area contributed by atoms with Crippen LogP contribution in [0.25, 0.3) is 0 Å². The second-order valence-electron chi connectivity index (χ2n) is 4.70. The Bertz CT molecular complexity index is 605. The summed E-state index contributed by atoms with van der Waals surface area (Å²) < 4.78 is 4.71. The molecule has 0 bridgehead atoms. The first-order chi connectivity index (χ1) is 9.51. The number of carbonyl (C=O) groups excluding carboxylic acids is 1. The molecule has 0 unspecified atom stereocenters. The van der Waals surface area contributed by atoms with Crippen LogP contribution in [0.5, 0.6) is 0 Å². The third kappa shape index (κ3) is 3.11. The second kappa shape index (κ2) is 5.96. The largest absolute Gasteiger partial charge is 0.465 e. The van der Waals surface area contributed by atoms with Crippen LogP contribution >= 0.6 is 11.3 Å². The quantitative estimate of drug-likeness (QED) is 0.879. The molecule has 5 heteroatoms. The number of nitrogens with zero attached hydrogens (tertiary/aromatic N) is 1. The number of nitrogens with two attached hydrogens (primary N) is 1. The molecule has 0 fully saturated rings. The molecule has 0 amide bonds. The SMILES string of the molecule is COC(=O)c1sc(N(C)Cc2ccc(C)cc2)cc1N. The van der Waals surface area contributed by atoms with E-state index in [2.05, 4.69) is 36.1 Å². The molecule has 0 radical (unpaired) electrons. The molecule has 0 atom stereocenters. The van der Waals surface area contributed by atoms with Gasteiger partial charge in [-0.05, 0) is 18.6 Å². The van der Waals surface area contributed by atoms with Crippen molar-refractivity contribution in [2.45, 2.75) is 13.5 Å². The molecule has 0 aliphatic carbocycles. The van der Waals surface area contributed by atoms with E-state index in [1.807, 2.05) is 13.1 Å². The third-order valence-corrected chi connectivity index (χ3v) is 4.28. The average molecular weight is 290 g/mol. The van der Waals surface area contributed by atoms with Crippen molar-refractivity contribution in [3.8, 4) is 0 Å². The maximum atomic E-state index is 11.6. The van der Waals surface area contributed by atoms with Gasteiger partial charge in [0.05, 0.1) is 17.8 Å². The first kappa shape index (κ1) is 14.4. The summed E-state index contributed by atoms with van der Waals surface area (Å²) in [7, 11) is 3.34. The number of anilines is 2. The van der Waals surface area contributed by atoms with Crippen molar-refractivity contribution in [3.05, 3.63) is 46.3 Å². The number of nitrogen functional groups attached to an aromatic ring is 1. The number of thiophene rings is 1. The van der Waals surface area contributed by atoms with Crippen molar-refractivity contribution in [2.75, 3.05) is 24.8 Å². The van der Waals surface area contributed by atoms with Crippen molar-refractivity contribution >= 4 is 28.0 Å². The Hall–Kier alpha value is -2.01. The summed E-state index contributed by atoms with van der Waals surface area (Å²) in [5, 5.41) is 0.948. The van der Waals surface area contributed by atoms with Gasteiger partial charge in [0.15, 0.2) is 0 Å². The summed E-state index contributed by atoms with van der Waals surface area (Å²) >= 11 is 1.35. The van der Waals surface area contributed by atoms with Gasteiger partial charge in [-0.25, -0.2) is 4.79 Å². The predicted octanol–water partition coefficient (Wildman–Crippen LogP) is 3.06. The van der Waals surface area contributed by atoms with Gasteiger partial charge in [0.1, 0.15) is 4.88 Å². The molecule has 2 rings (SSSR count). The van der Waals surface area contributed by atoms with Crippen LogP contribution in [0.4, 0.5) is 10.7 Å². The van der Waals surface area contributed by atoms with Crippen LogP contribution in [-0.4, -0.2) is 20.1 Å². The van der Waals surface area contributed by atoms with Gasteiger partial charge >= 0.3 is 5.97 Å². The standard InChI is InChI=1S/C15H18N2O2S/c1-10-4-6-11(7-5-10)9-17(2)13-8-12(16)14(20-13)15(18)19-3/h4-8H,9,16H2,1-3H3. The summed E-state index contributed by atoms with van der Waals surface area (Å²) in [6.07, 6.45) is 0. The van der Waals surface area contributed by atoms with E-state index in [1.165, 1.54) is 29.6 Å². The molecule has 2 N–H and O–H groups in total. The highest BCUT2D eigenvalue weighted by molar-refractivity contribution is 7.18. The van der Waals surface area contributed by atoms with E-state index in [1.54, 1.807) is 0 Å². The van der Waals surface area contributed by atoms with Gasteiger partial charge in [0.2, 0.25) is 0 Å². The van der Waals surface area contributed by atoms with Gasteiger partial charge in [-0.2, -0.15) is 0 Å². The normalized spacial score (nSPS) is 10.3. The molecule has 0 saturated carbocycles. The van der Waals surface area contributed by atoms with Crippen LogP contribution in [-0.2, 0) is 11.3 Å². The first-order valence-corrected chi connectivity index (χ1v) is 7.07. The lowest BCUT2D eigenvalue weighted by atomic mass is 10.1. The molecule has 1 heterocycles. The Balaban J connectivity index is 2.15. The Kier molecular flexibility index (Phi) is 4.29. The van der Waals surface area contributed by atoms with Crippen LogP contribution in [0.15, 0.2) is 30.3 Å². The van der Waals surface area contributed by atoms with Crippen molar-refractivity contribution in [2.24, 2.45) is 0 Å². The molecule has 2 aromatic rings. The lowest BCUT2D eigenvalue weighted by Gasteiger charge is -2.17. The van der Waals surface area contributed by atoms with Gasteiger partial charge < -0.3 is 15.4 Å². The van der Waals surface area contributed by atoms with Crippen molar-refractivity contribution in [1.29, 1.82) is 0 Å². The number of aryl methyl sites for hydroxylation is 1. The van der Waals surface area contributed by atoms with Crippen LogP contribution in [0, 0.1) is 6.92 Å². The van der Waals surface area contributed by atoms with E-state index in [-0.39, 0.29) is 5.97 Å². The lowest BCUT2D eigenvalue weighted by molar-refractivity contribution is 0.0607. The number of methoxy groups -OCH3 is 1. The molecule has 20 heavy (non-hydrogen) atoms. The monoisotopic (exact) mass is 290 g/mol. The van der Waals surface area contributed by atoms with Gasteiger partial charge in [-0.1, -0.05) is 29.8 Å². The number of hydrogen-bond acceptors (Lipinski definition) is 5. The van der Waals surface area contributed by atoms with Crippen LogP contribution in [0.1, 0.15) is 20.8 Å². The molecule has 0 aliphatic heterocycles. The summed E-state index contributed by atoms with van der Waals surface area (Å²) in [4.78, 5) is 14.1. The maximum absolute atomic E-state index is 11.6. The molecule has 0 spiro atoms. The Morgan fingerprint density at radius 1 is 1.35 bits per heavy atom. The number of ether oxygens (including phenoxy) is 1. The molecule has 4 nitrogen and oxygen atoms in total. The van der Waals surface area contributed by atoms with Crippen molar-refractivity contribution in [1.82, 2.24) is 0 Å². The van der Waals surface area contributed by atoms with E-state index in [0.29, 0.717) is 10.6 Å². The minimum atomic E-state index is -0.387. The van der Waals surface area contributed by atoms with Crippen molar-refractivity contribution in [3.63, 3.8) is 0 Å². The number of benzene rings is 1. The Labute approximate surface area is 122 Å². The van der Waals surface area contributed by atoms with E-state index >= 15 is 0 Å². The van der Waals surface area contributed by atoms with Crippen LogP contribution in [0.3, 0.4) is 0 Å². The molecule has 1 aromatic heterocycles. The summed E-state index contributed by atoms with van der Waals surface area (Å²) in [5.74, 6) is -0.387. The first-order valence-electron chi connectivity index (χ1n) is 6.25. The van der Waals surface area contributed by atoms with Crippen molar-refractivity contribution < 1.29 is 9.53 Å². The highest BCUT2D eigenvalue weighted by Crippen LogP contribution is 2.32. The summed E-state index contributed by atoms with van der Waals surface area (Å²) in [6.45, 7) is 2.83. The van der Waals surface area contributed by atoms with E-state index in [9.17, 15) is 4.79 Å². The van der Waals surface area contributed by atoms with Gasteiger partial charge in [-0.3, -0.25) is 0 Å². The zero-order chi connectivity index (χ0) is 14.7. The van der Waals surface area contributed by atoms with Gasteiger partial charge in [-0.15, -0.1) is 11.3 Å². The number of hydrogen-bond donors (Lipinski definition) is 1. The molecule has 106 valence electrons. The minimum Gasteiger partial charge on any atom is -0.465 e. The fourth-order valence-electron chi connectivity index (χ4n) is 1.88. The second-order valence-corrected chi connectivity index (χ2v) is 5.73.